The fourth-order valence-electron chi connectivity index (χ4n) is 1.51. The third-order valence-electron chi connectivity index (χ3n) is 2.62. The number of nitrogens with one attached hydrogen (secondary N) is 2. The zero-order valence-electron chi connectivity index (χ0n) is 11.3. The summed E-state index contributed by atoms with van der Waals surface area (Å²) in [7, 11) is 1.43. The number of carboxylic acid groups (broad SMARTS) is 1. The topological polar surface area (TPSA) is 87.7 Å². The van der Waals surface area contributed by atoms with Gasteiger partial charge >= 0.3 is 12.0 Å². The molecule has 6 nitrogen and oxygen atoms in total. The Hall–Kier alpha value is -2.68. The van der Waals surface area contributed by atoms with E-state index in [1.807, 2.05) is 6.92 Å². The normalized spacial score (nSPS) is 11.1. The molecule has 1 aromatic carbocycles. The molecule has 0 radical (unpaired) electrons. The fraction of sp³-hybridized carbons (Fsp3) is 0.286. The van der Waals surface area contributed by atoms with E-state index in [1.165, 1.54) is 19.2 Å². The summed E-state index contributed by atoms with van der Waals surface area (Å²) in [5.41, 5.74) is 0.107. The van der Waals surface area contributed by atoms with Crippen LogP contribution in [0.3, 0.4) is 0 Å². The Kier molecular flexibility index (Phi) is 5.42. The predicted octanol–water partition coefficient (Wildman–Crippen LogP) is 1.93. The summed E-state index contributed by atoms with van der Waals surface area (Å²) in [6.45, 7) is 1.83. The molecule has 1 rings (SSSR count). The Morgan fingerprint density at radius 2 is 2.20 bits per heavy atom. The van der Waals surface area contributed by atoms with Crippen molar-refractivity contribution in [3.63, 3.8) is 0 Å². The number of methoxy groups -OCH3 is 1. The molecule has 1 aromatic rings. The van der Waals surface area contributed by atoms with Crippen LogP contribution in [0.4, 0.5) is 10.5 Å². The molecule has 0 heterocycles. The Morgan fingerprint density at radius 1 is 1.50 bits per heavy atom. The van der Waals surface area contributed by atoms with Crippen molar-refractivity contribution in [2.24, 2.45) is 0 Å². The van der Waals surface area contributed by atoms with E-state index in [0.717, 1.165) is 0 Å². The van der Waals surface area contributed by atoms with Crippen LogP contribution in [0.5, 0.6) is 5.75 Å². The van der Waals surface area contributed by atoms with E-state index in [4.69, 9.17) is 16.3 Å². The number of carbonyl (C=O) groups is 2. The van der Waals surface area contributed by atoms with Gasteiger partial charge in [0.2, 0.25) is 0 Å². The van der Waals surface area contributed by atoms with Crippen LogP contribution in [-0.2, 0) is 0 Å². The first kappa shape index (κ1) is 15.4. The first-order valence-electron chi connectivity index (χ1n) is 5.96. The maximum atomic E-state index is 11.7. The number of anilines is 1. The zero-order chi connectivity index (χ0) is 15.1. The first-order chi connectivity index (χ1) is 9.51. The van der Waals surface area contributed by atoms with Gasteiger partial charge in [0.1, 0.15) is 5.75 Å². The van der Waals surface area contributed by atoms with Gasteiger partial charge in [0, 0.05) is 0 Å². The van der Waals surface area contributed by atoms with E-state index in [1.54, 1.807) is 6.07 Å². The van der Waals surface area contributed by atoms with Crippen molar-refractivity contribution in [3.8, 4) is 18.1 Å². The highest BCUT2D eigenvalue weighted by Gasteiger charge is 2.15. The number of hydrogen-bond donors (Lipinski definition) is 3. The standard InChI is InChI=1S/C14H16N2O4/c1-4-9(5-2)15-14(19)16-12-7-6-10(20-3)8-11(12)13(17)18/h1,6-9H,5H2,2-3H3,(H,17,18)(H2,15,16,19). The SMILES string of the molecule is C#CC(CC)NC(=O)Nc1ccc(OC)cc1C(=O)O. The average molecular weight is 276 g/mol. The molecular formula is C14H16N2O4. The Morgan fingerprint density at radius 3 is 2.70 bits per heavy atom. The largest absolute Gasteiger partial charge is 0.497 e. The van der Waals surface area contributed by atoms with E-state index in [2.05, 4.69) is 16.6 Å². The van der Waals surface area contributed by atoms with Gasteiger partial charge in [0.15, 0.2) is 0 Å². The number of amides is 2. The molecule has 0 aliphatic rings. The molecule has 1 atom stereocenters. The number of aromatic carboxylic acids is 1. The lowest BCUT2D eigenvalue weighted by atomic mass is 10.1. The molecule has 106 valence electrons. The molecule has 6 heteroatoms. The van der Waals surface area contributed by atoms with Crippen LogP contribution in [0.1, 0.15) is 23.7 Å². The van der Waals surface area contributed by atoms with Crippen molar-refractivity contribution in [3.05, 3.63) is 23.8 Å². The van der Waals surface area contributed by atoms with Crippen LogP contribution in [0.15, 0.2) is 18.2 Å². The minimum Gasteiger partial charge on any atom is -0.497 e. The summed E-state index contributed by atoms with van der Waals surface area (Å²) in [4.78, 5) is 22.9. The van der Waals surface area contributed by atoms with Crippen molar-refractivity contribution in [1.29, 1.82) is 0 Å². The lowest BCUT2D eigenvalue weighted by Crippen LogP contribution is -2.36. The van der Waals surface area contributed by atoms with Gasteiger partial charge in [0.25, 0.3) is 0 Å². The molecule has 1 unspecified atom stereocenters. The molecular weight excluding hydrogens is 260 g/mol. The molecule has 3 N–H and O–H groups in total. The van der Waals surface area contributed by atoms with Gasteiger partial charge in [0.05, 0.1) is 24.4 Å². The zero-order valence-corrected chi connectivity index (χ0v) is 11.3. The molecule has 0 saturated carbocycles. The lowest BCUT2D eigenvalue weighted by molar-refractivity contribution is 0.0697. The summed E-state index contributed by atoms with van der Waals surface area (Å²) >= 11 is 0. The maximum Gasteiger partial charge on any atom is 0.337 e. The van der Waals surface area contributed by atoms with E-state index in [0.29, 0.717) is 12.2 Å². The van der Waals surface area contributed by atoms with Crippen molar-refractivity contribution >= 4 is 17.7 Å². The van der Waals surface area contributed by atoms with E-state index in [9.17, 15) is 9.59 Å². The quantitative estimate of drug-likeness (QED) is 0.717. The maximum absolute atomic E-state index is 11.7. The van der Waals surface area contributed by atoms with Crippen molar-refractivity contribution in [2.75, 3.05) is 12.4 Å². The molecule has 0 aliphatic heterocycles. The first-order valence-corrected chi connectivity index (χ1v) is 5.96. The summed E-state index contributed by atoms with van der Waals surface area (Å²) < 4.78 is 4.95. The van der Waals surface area contributed by atoms with E-state index in [-0.39, 0.29) is 11.3 Å². The van der Waals surface area contributed by atoms with Gasteiger partial charge < -0.3 is 20.5 Å². The number of carboxylic acids is 1. The monoisotopic (exact) mass is 276 g/mol. The number of benzene rings is 1. The number of terminal acetylenes is 1. The molecule has 2 amide bonds. The number of urea groups is 1. The molecule has 0 aromatic heterocycles. The van der Waals surface area contributed by atoms with E-state index >= 15 is 0 Å². The smallest absolute Gasteiger partial charge is 0.337 e. The second-order valence-corrected chi connectivity index (χ2v) is 3.94. The van der Waals surface area contributed by atoms with Crippen LogP contribution in [-0.4, -0.2) is 30.3 Å². The fourth-order valence-corrected chi connectivity index (χ4v) is 1.51. The van der Waals surface area contributed by atoms with Crippen LogP contribution < -0.4 is 15.4 Å². The summed E-state index contributed by atoms with van der Waals surface area (Å²) in [6, 6.07) is 3.39. The molecule has 20 heavy (non-hydrogen) atoms. The average Bonchev–Trinajstić information content (AvgIpc) is 2.44. The second kappa shape index (κ2) is 7.04. The molecule has 0 spiro atoms. The number of carbonyl (C=O) groups excluding carboxylic acids is 1. The van der Waals surface area contributed by atoms with Gasteiger partial charge in [-0.25, -0.2) is 9.59 Å². The number of ether oxygens (including phenoxy) is 1. The summed E-state index contributed by atoms with van der Waals surface area (Å²) in [5.74, 6) is 1.64. The minimum absolute atomic E-state index is 0.0618. The molecule has 0 fully saturated rings. The number of hydrogen-bond acceptors (Lipinski definition) is 3. The lowest BCUT2D eigenvalue weighted by Gasteiger charge is -2.13. The molecule has 0 bridgehead atoms. The van der Waals surface area contributed by atoms with Gasteiger partial charge in [-0.05, 0) is 24.6 Å². The molecule has 0 saturated heterocycles. The Balaban J connectivity index is 2.89. The highest BCUT2D eigenvalue weighted by molar-refractivity contribution is 6.00. The Bertz CT molecular complexity index is 549. The van der Waals surface area contributed by atoms with E-state index < -0.39 is 18.0 Å². The predicted molar refractivity (Wildman–Crippen MR) is 75.0 cm³/mol. The summed E-state index contributed by atoms with van der Waals surface area (Å²) in [6.07, 6.45) is 5.82. The second-order valence-electron chi connectivity index (χ2n) is 3.94. The van der Waals surface area contributed by atoms with Crippen LogP contribution in [0, 0.1) is 12.3 Å². The van der Waals surface area contributed by atoms with Crippen LogP contribution in [0.2, 0.25) is 0 Å². The van der Waals surface area contributed by atoms with Gasteiger partial charge in [-0.1, -0.05) is 12.8 Å². The Labute approximate surface area is 117 Å². The van der Waals surface area contributed by atoms with Crippen molar-refractivity contribution in [2.45, 2.75) is 19.4 Å². The molecule has 0 aliphatic carbocycles. The van der Waals surface area contributed by atoms with Gasteiger partial charge in [-0.3, -0.25) is 0 Å². The van der Waals surface area contributed by atoms with Gasteiger partial charge in [-0.2, -0.15) is 0 Å². The minimum atomic E-state index is -1.16. The van der Waals surface area contributed by atoms with Crippen LogP contribution in [0.25, 0.3) is 0 Å². The van der Waals surface area contributed by atoms with Crippen molar-refractivity contribution < 1.29 is 19.4 Å². The van der Waals surface area contributed by atoms with Gasteiger partial charge in [-0.15, -0.1) is 6.42 Å². The highest BCUT2D eigenvalue weighted by atomic mass is 16.5. The highest BCUT2D eigenvalue weighted by Crippen LogP contribution is 2.22. The third kappa shape index (κ3) is 3.92. The van der Waals surface area contributed by atoms with Crippen LogP contribution >= 0.6 is 0 Å². The van der Waals surface area contributed by atoms with Crippen molar-refractivity contribution in [1.82, 2.24) is 5.32 Å². The summed E-state index contributed by atoms with van der Waals surface area (Å²) in [5, 5.41) is 14.1. The third-order valence-corrected chi connectivity index (χ3v) is 2.62. The number of rotatable bonds is 5.